The number of rotatable bonds is 16. The van der Waals surface area contributed by atoms with Crippen molar-refractivity contribution in [3.8, 4) is 0 Å². The molecule has 0 saturated heterocycles. The fraction of sp³-hybridized carbons (Fsp3) is 0.647. The van der Waals surface area contributed by atoms with Crippen molar-refractivity contribution in [1.29, 1.82) is 0 Å². The number of aliphatic carboxylic acids is 2. The molecule has 0 aromatic rings. The Labute approximate surface area is 194 Å². The molecule has 4 atom stereocenters. The molecular weight excluding hydrogens is 466 g/mol. The summed E-state index contributed by atoms with van der Waals surface area (Å²) in [5.41, 5.74) is 10.9. The third-order valence-electron chi connectivity index (χ3n) is 4.09. The van der Waals surface area contributed by atoms with Crippen molar-refractivity contribution < 1.29 is 39.0 Å². The predicted molar refractivity (Wildman–Crippen MR) is 119 cm³/mol. The number of primary amides is 1. The Morgan fingerprint density at radius 2 is 1.44 bits per heavy atom. The second-order valence-electron chi connectivity index (χ2n) is 6.70. The third kappa shape index (κ3) is 11.8. The summed E-state index contributed by atoms with van der Waals surface area (Å²) < 4.78 is 0. The van der Waals surface area contributed by atoms with Gasteiger partial charge in [0.1, 0.15) is 18.1 Å². The van der Waals surface area contributed by atoms with Gasteiger partial charge in [-0.2, -0.15) is 24.4 Å². The highest BCUT2D eigenvalue weighted by molar-refractivity contribution is 7.98. The van der Waals surface area contributed by atoms with Crippen molar-refractivity contribution in [2.75, 3.05) is 17.8 Å². The largest absolute Gasteiger partial charge is 0.481 e. The Bertz CT molecular complexity index is 708. The van der Waals surface area contributed by atoms with Crippen molar-refractivity contribution in [2.45, 2.75) is 49.9 Å². The number of hydrogen-bond acceptors (Lipinski definition) is 9. The maximum absolute atomic E-state index is 12.7. The highest BCUT2D eigenvalue weighted by Crippen LogP contribution is 2.04. The van der Waals surface area contributed by atoms with Gasteiger partial charge < -0.3 is 37.6 Å². The zero-order valence-electron chi connectivity index (χ0n) is 17.4. The molecule has 0 spiro atoms. The summed E-state index contributed by atoms with van der Waals surface area (Å²) in [6.45, 7) is 0. The van der Waals surface area contributed by atoms with E-state index in [0.717, 1.165) is 0 Å². The molecule has 4 unspecified atom stereocenters. The van der Waals surface area contributed by atoms with Gasteiger partial charge in [0, 0.05) is 12.2 Å². The zero-order valence-corrected chi connectivity index (χ0v) is 19.1. The lowest BCUT2D eigenvalue weighted by atomic mass is 10.1. The van der Waals surface area contributed by atoms with Crippen LogP contribution >= 0.6 is 24.4 Å². The van der Waals surface area contributed by atoms with Gasteiger partial charge in [0.2, 0.25) is 23.6 Å². The second-order valence-corrected chi connectivity index (χ2v) is 8.05. The van der Waals surface area contributed by atoms with Crippen molar-refractivity contribution >= 4 is 60.0 Å². The maximum Gasteiger partial charge on any atom is 0.327 e. The fourth-order valence-electron chi connectivity index (χ4n) is 2.32. The summed E-state index contributed by atoms with van der Waals surface area (Å²) in [7, 11) is 0. The number of carboxylic acids is 2. The Hall–Kier alpha value is -2.52. The minimum atomic E-state index is -1.65. The van der Waals surface area contributed by atoms with Crippen molar-refractivity contribution in [1.82, 2.24) is 16.0 Å². The van der Waals surface area contributed by atoms with Crippen molar-refractivity contribution in [2.24, 2.45) is 11.5 Å². The van der Waals surface area contributed by atoms with Crippen LogP contribution in [0.2, 0.25) is 0 Å². The van der Waals surface area contributed by atoms with Gasteiger partial charge in [-0.3, -0.25) is 24.0 Å². The molecule has 15 heteroatoms. The topological polar surface area (TPSA) is 231 Å². The molecular formula is C17H29N5O8S2. The Kier molecular flexibility index (Phi) is 14.1. The number of carboxylic acid groups (broad SMARTS) is 2. The molecule has 0 radical (unpaired) electrons. The predicted octanol–water partition coefficient (Wildman–Crippen LogP) is -2.72. The molecule has 0 saturated carbocycles. The highest BCUT2D eigenvalue weighted by Gasteiger charge is 2.31. The summed E-state index contributed by atoms with van der Waals surface area (Å²) >= 11 is 5.26. The molecule has 4 amide bonds. The molecule has 0 bridgehead atoms. The molecule has 0 aliphatic heterocycles. The quantitative estimate of drug-likeness (QED) is 0.103. The number of carbonyl (C=O) groups excluding carboxylic acids is 4. The van der Waals surface area contributed by atoms with Gasteiger partial charge in [0.05, 0.1) is 12.5 Å². The van der Waals surface area contributed by atoms with Gasteiger partial charge in [-0.05, 0) is 24.9 Å². The van der Waals surface area contributed by atoms with Crippen LogP contribution in [0.25, 0.3) is 0 Å². The lowest BCUT2D eigenvalue weighted by Gasteiger charge is -2.24. The Morgan fingerprint density at radius 3 is 1.91 bits per heavy atom. The van der Waals surface area contributed by atoms with Crippen LogP contribution in [0.15, 0.2) is 0 Å². The number of nitrogens with one attached hydrogen (secondary N) is 3. The molecule has 0 fully saturated rings. The first-order valence-electron chi connectivity index (χ1n) is 9.42. The first-order valence-corrected chi connectivity index (χ1v) is 11.4. The van der Waals surface area contributed by atoms with E-state index < -0.39 is 66.2 Å². The molecule has 182 valence electrons. The molecule has 0 heterocycles. The number of thioether (sulfide) groups is 1. The van der Waals surface area contributed by atoms with Gasteiger partial charge in [-0.15, -0.1) is 0 Å². The Morgan fingerprint density at radius 1 is 0.906 bits per heavy atom. The van der Waals surface area contributed by atoms with E-state index in [0.29, 0.717) is 12.2 Å². The van der Waals surface area contributed by atoms with E-state index in [4.69, 9.17) is 21.7 Å². The van der Waals surface area contributed by atoms with Gasteiger partial charge in [0.15, 0.2) is 0 Å². The third-order valence-corrected chi connectivity index (χ3v) is 5.10. The van der Waals surface area contributed by atoms with Gasteiger partial charge in [-0.25, -0.2) is 4.79 Å². The number of hydrogen-bond donors (Lipinski definition) is 8. The lowest BCUT2D eigenvalue weighted by Crippen LogP contribution is -2.57. The average molecular weight is 496 g/mol. The zero-order chi connectivity index (χ0) is 24.8. The number of carbonyl (C=O) groups is 6. The molecule has 0 aromatic carbocycles. The standard InChI is InChI=1S/C17H29N5O8S2/c1-32-5-4-8(18)14(26)20-9(2-3-12(19)23)15(27)21-10(6-13(24)25)16(28)22-11(7-31)17(29)30/h8-11,31H,2-7,18H2,1H3,(H2,19,23)(H,20,26)(H,21,27)(H,22,28)(H,24,25)(H,29,30). The molecule has 0 aromatic heterocycles. The monoisotopic (exact) mass is 495 g/mol. The van der Waals surface area contributed by atoms with E-state index in [1.54, 1.807) is 0 Å². The van der Waals surface area contributed by atoms with Crippen LogP contribution in [-0.4, -0.2) is 87.7 Å². The van der Waals surface area contributed by atoms with Crippen LogP contribution in [0, 0.1) is 0 Å². The van der Waals surface area contributed by atoms with E-state index in [-0.39, 0.29) is 18.6 Å². The molecule has 32 heavy (non-hydrogen) atoms. The van der Waals surface area contributed by atoms with Crippen molar-refractivity contribution in [3.05, 3.63) is 0 Å². The first kappa shape index (κ1) is 29.5. The van der Waals surface area contributed by atoms with Crippen molar-refractivity contribution in [3.63, 3.8) is 0 Å². The van der Waals surface area contributed by atoms with E-state index in [2.05, 4.69) is 28.6 Å². The van der Waals surface area contributed by atoms with Crippen LogP contribution in [0.3, 0.4) is 0 Å². The van der Waals surface area contributed by atoms with Crippen LogP contribution < -0.4 is 27.4 Å². The number of amides is 4. The van der Waals surface area contributed by atoms with Crippen LogP contribution in [0.4, 0.5) is 0 Å². The van der Waals surface area contributed by atoms with E-state index in [1.807, 2.05) is 6.26 Å². The van der Waals surface area contributed by atoms with E-state index in [1.165, 1.54) is 11.8 Å². The smallest absolute Gasteiger partial charge is 0.327 e. The summed E-state index contributed by atoms with van der Waals surface area (Å²) in [6.07, 6.45) is 0.776. The molecule has 0 aliphatic rings. The number of nitrogens with two attached hydrogens (primary N) is 2. The normalized spacial score (nSPS) is 14.3. The van der Waals surface area contributed by atoms with E-state index in [9.17, 15) is 28.8 Å². The highest BCUT2D eigenvalue weighted by atomic mass is 32.2. The summed E-state index contributed by atoms with van der Waals surface area (Å²) in [5.74, 6) is -6.00. The number of thiol groups is 1. The summed E-state index contributed by atoms with van der Waals surface area (Å²) in [5, 5.41) is 24.7. The SMILES string of the molecule is CSCCC(N)C(=O)NC(CCC(N)=O)C(=O)NC(CC(=O)O)C(=O)NC(CS)C(=O)O. The molecule has 9 N–H and O–H groups in total. The lowest BCUT2D eigenvalue weighted by molar-refractivity contribution is -0.143. The van der Waals surface area contributed by atoms with Gasteiger partial charge in [-0.1, -0.05) is 0 Å². The minimum absolute atomic E-state index is 0.224. The average Bonchev–Trinajstić information content (AvgIpc) is 2.71. The van der Waals surface area contributed by atoms with Crippen LogP contribution in [0.5, 0.6) is 0 Å². The molecule has 0 rings (SSSR count). The molecule has 13 nitrogen and oxygen atoms in total. The fourth-order valence-corrected chi connectivity index (χ4v) is 3.06. The van der Waals surface area contributed by atoms with E-state index >= 15 is 0 Å². The maximum atomic E-state index is 12.7. The summed E-state index contributed by atoms with van der Waals surface area (Å²) in [4.78, 5) is 70.6. The van der Waals surface area contributed by atoms with Crippen LogP contribution in [-0.2, 0) is 28.8 Å². The summed E-state index contributed by atoms with van der Waals surface area (Å²) in [6, 6.07) is -5.34. The molecule has 0 aliphatic carbocycles. The second kappa shape index (κ2) is 15.3. The van der Waals surface area contributed by atoms with Gasteiger partial charge >= 0.3 is 11.9 Å². The first-order chi connectivity index (χ1) is 14.9. The Balaban J connectivity index is 5.45. The van der Waals surface area contributed by atoms with Gasteiger partial charge in [0.25, 0.3) is 0 Å². The van der Waals surface area contributed by atoms with Crippen LogP contribution in [0.1, 0.15) is 25.7 Å². The minimum Gasteiger partial charge on any atom is -0.481 e.